The van der Waals surface area contributed by atoms with Crippen molar-refractivity contribution in [3.8, 4) is 11.8 Å². The van der Waals surface area contributed by atoms with E-state index in [1.807, 2.05) is 6.07 Å². The molecule has 0 saturated heterocycles. The lowest BCUT2D eigenvalue weighted by molar-refractivity contribution is -0.112. The van der Waals surface area contributed by atoms with Crippen molar-refractivity contribution < 1.29 is 14.3 Å². The Bertz CT molecular complexity index is 1220. The molecule has 0 aromatic heterocycles. The standard InChI is InChI=1S/C23H12Cl4N2O3/c24-16-7-4-8-17(25)20(16)29-22(30)15(12-28)9-13-10-18(26)21(19(27)11-13)32-23(31)14-5-2-1-3-6-14/h1-11H,(H,29,30)/b15-9+. The molecule has 0 radical (unpaired) electrons. The highest BCUT2D eigenvalue weighted by atomic mass is 35.5. The van der Waals surface area contributed by atoms with Crippen LogP contribution in [-0.2, 0) is 4.79 Å². The summed E-state index contributed by atoms with van der Waals surface area (Å²) in [6.45, 7) is 0. The van der Waals surface area contributed by atoms with E-state index in [0.29, 0.717) is 11.1 Å². The molecule has 0 saturated carbocycles. The van der Waals surface area contributed by atoms with Crippen LogP contribution in [0.15, 0.2) is 66.2 Å². The molecule has 3 aromatic rings. The lowest BCUT2D eigenvalue weighted by Gasteiger charge is -2.10. The van der Waals surface area contributed by atoms with Gasteiger partial charge in [-0.1, -0.05) is 70.7 Å². The maximum absolute atomic E-state index is 12.5. The van der Waals surface area contributed by atoms with Crippen LogP contribution in [0.4, 0.5) is 5.69 Å². The van der Waals surface area contributed by atoms with Crippen molar-refractivity contribution in [2.24, 2.45) is 0 Å². The predicted molar refractivity (Wildman–Crippen MR) is 127 cm³/mol. The predicted octanol–water partition coefficient (Wildman–Crippen LogP) is 7.07. The zero-order valence-electron chi connectivity index (χ0n) is 16.0. The molecule has 1 amide bonds. The maximum atomic E-state index is 12.5. The number of rotatable bonds is 5. The molecule has 1 N–H and O–H groups in total. The van der Waals surface area contributed by atoms with Gasteiger partial charge in [0.15, 0.2) is 5.75 Å². The van der Waals surface area contributed by atoms with Gasteiger partial charge in [0.25, 0.3) is 5.91 Å². The number of ether oxygens (including phenoxy) is 1. The minimum atomic E-state index is -0.727. The van der Waals surface area contributed by atoms with E-state index in [1.165, 1.54) is 18.2 Å². The largest absolute Gasteiger partial charge is 0.420 e. The number of anilines is 1. The number of hydrogen-bond donors (Lipinski definition) is 1. The first kappa shape index (κ1) is 23.6. The molecule has 32 heavy (non-hydrogen) atoms. The van der Waals surface area contributed by atoms with Gasteiger partial charge >= 0.3 is 5.97 Å². The highest BCUT2D eigenvalue weighted by Gasteiger charge is 2.17. The first-order valence-electron chi connectivity index (χ1n) is 8.93. The number of para-hydroxylation sites is 1. The summed E-state index contributed by atoms with van der Waals surface area (Å²) in [6.07, 6.45) is 1.28. The van der Waals surface area contributed by atoms with Crippen LogP contribution in [0.5, 0.6) is 5.75 Å². The van der Waals surface area contributed by atoms with Crippen molar-refractivity contribution in [2.45, 2.75) is 0 Å². The van der Waals surface area contributed by atoms with E-state index in [2.05, 4.69) is 5.32 Å². The number of hydrogen-bond acceptors (Lipinski definition) is 4. The zero-order chi connectivity index (χ0) is 23.3. The number of nitrogens with zero attached hydrogens (tertiary/aromatic N) is 1. The van der Waals surface area contributed by atoms with Crippen LogP contribution in [0, 0.1) is 11.3 Å². The molecule has 0 aliphatic heterocycles. The van der Waals surface area contributed by atoms with Gasteiger partial charge in [-0.25, -0.2) is 4.79 Å². The molecule has 3 aromatic carbocycles. The molecule has 0 atom stereocenters. The number of nitrogens with one attached hydrogen (secondary N) is 1. The van der Waals surface area contributed by atoms with Gasteiger partial charge in [0.1, 0.15) is 11.6 Å². The summed E-state index contributed by atoms with van der Waals surface area (Å²) in [5, 5.41) is 12.4. The van der Waals surface area contributed by atoms with Crippen molar-refractivity contribution in [3.05, 3.63) is 97.5 Å². The maximum Gasteiger partial charge on any atom is 0.343 e. The van der Waals surface area contributed by atoms with E-state index in [1.54, 1.807) is 48.5 Å². The minimum Gasteiger partial charge on any atom is -0.420 e. The van der Waals surface area contributed by atoms with Gasteiger partial charge in [-0.3, -0.25) is 4.79 Å². The molecule has 0 unspecified atom stereocenters. The fourth-order valence-electron chi connectivity index (χ4n) is 2.60. The van der Waals surface area contributed by atoms with E-state index in [9.17, 15) is 14.9 Å². The summed E-state index contributed by atoms with van der Waals surface area (Å²) in [5.41, 5.74) is 0.602. The van der Waals surface area contributed by atoms with Crippen molar-refractivity contribution in [1.29, 1.82) is 5.26 Å². The van der Waals surface area contributed by atoms with Crippen LogP contribution in [-0.4, -0.2) is 11.9 Å². The Balaban J connectivity index is 1.85. The fourth-order valence-corrected chi connectivity index (χ4v) is 3.67. The highest BCUT2D eigenvalue weighted by molar-refractivity contribution is 6.40. The van der Waals surface area contributed by atoms with E-state index in [4.69, 9.17) is 51.1 Å². The number of halogens is 4. The molecule has 9 heteroatoms. The van der Waals surface area contributed by atoms with Crippen molar-refractivity contribution in [2.75, 3.05) is 5.32 Å². The molecule has 0 spiro atoms. The highest BCUT2D eigenvalue weighted by Crippen LogP contribution is 2.36. The van der Waals surface area contributed by atoms with Crippen LogP contribution < -0.4 is 10.1 Å². The minimum absolute atomic E-state index is 0.0277. The lowest BCUT2D eigenvalue weighted by Crippen LogP contribution is -2.14. The Morgan fingerprint density at radius 3 is 2.03 bits per heavy atom. The van der Waals surface area contributed by atoms with Crippen molar-refractivity contribution in [3.63, 3.8) is 0 Å². The van der Waals surface area contributed by atoms with Gasteiger partial charge in [0.05, 0.1) is 31.3 Å². The van der Waals surface area contributed by atoms with Crippen LogP contribution in [0.2, 0.25) is 20.1 Å². The summed E-state index contributed by atoms with van der Waals surface area (Å²) < 4.78 is 5.30. The number of carbonyl (C=O) groups is 2. The molecule has 0 bridgehead atoms. The quantitative estimate of drug-likeness (QED) is 0.174. The average Bonchev–Trinajstić information content (AvgIpc) is 2.77. The van der Waals surface area contributed by atoms with Gasteiger partial charge in [-0.15, -0.1) is 0 Å². The van der Waals surface area contributed by atoms with Crippen molar-refractivity contribution in [1.82, 2.24) is 0 Å². The third-order valence-electron chi connectivity index (χ3n) is 4.10. The fraction of sp³-hybridized carbons (Fsp3) is 0. The molecule has 0 fully saturated rings. The summed E-state index contributed by atoms with van der Waals surface area (Å²) >= 11 is 24.6. The summed E-state index contributed by atoms with van der Waals surface area (Å²) in [4.78, 5) is 24.8. The molecule has 5 nitrogen and oxygen atoms in total. The molecule has 0 aliphatic rings. The Morgan fingerprint density at radius 1 is 0.875 bits per heavy atom. The average molecular weight is 506 g/mol. The van der Waals surface area contributed by atoms with Crippen LogP contribution in [0.3, 0.4) is 0 Å². The van der Waals surface area contributed by atoms with Crippen LogP contribution in [0.25, 0.3) is 6.08 Å². The number of carbonyl (C=O) groups excluding carboxylic acids is 2. The molecule has 0 heterocycles. The second kappa shape index (κ2) is 10.5. The molecule has 0 aliphatic carbocycles. The second-order valence-electron chi connectivity index (χ2n) is 6.29. The third-order valence-corrected chi connectivity index (χ3v) is 5.29. The Kier molecular flexibility index (Phi) is 7.79. The number of amides is 1. The normalized spacial score (nSPS) is 10.9. The van der Waals surface area contributed by atoms with Crippen LogP contribution in [0.1, 0.15) is 15.9 Å². The van der Waals surface area contributed by atoms with E-state index >= 15 is 0 Å². The Hall–Kier alpha value is -3.01. The van der Waals surface area contributed by atoms with Crippen LogP contribution >= 0.6 is 46.4 Å². The number of benzene rings is 3. The van der Waals surface area contributed by atoms with Gasteiger partial charge in [-0.2, -0.15) is 5.26 Å². The summed E-state index contributed by atoms with van der Waals surface area (Å²) in [5.74, 6) is -1.40. The van der Waals surface area contributed by atoms with Gasteiger partial charge in [0.2, 0.25) is 0 Å². The molecule has 3 rings (SSSR count). The summed E-state index contributed by atoms with van der Waals surface area (Å²) in [7, 11) is 0. The van der Waals surface area contributed by atoms with E-state index < -0.39 is 11.9 Å². The number of esters is 1. The van der Waals surface area contributed by atoms with Crippen molar-refractivity contribution >= 4 is 70.0 Å². The lowest BCUT2D eigenvalue weighted by atomic mass is 10.1. The monoisotopic (exact) mass is 504 g/mol. The van der Waals surface area contributed by atoms with E-state index in [0.717, 1.165) is 0 Å². The first-order valence-corrected chi connectivity index (χ1v) is 10.4. The SMILES string of the molecule is N#C/C(=C\c1cc(Cl)c(OC(=O)c2ccccc2)c(Cl)c1)C(=O)Nc1c(Cl)cccc1Cl. The van der Waals surface area contributed by atoms with Gasteiger partial charge in [-0.05, 0) is 48.0 Å². The van der Waals surface area contributed by atoms with Gasteiger partial charge in [0, 0.05) is 0 Å². The third kappa shape index (κ3) is 5.61. The van der Waals surface area contributed by atoms with Gasteiger partial charge < -0.3 is 10.1 Å². The molecular weight excluding hydrogens is 494 g/mol. The topological polar surface area (TPSA) is 79.2 Å². The summed E-state index contributed by atoms with van der Waals surface area (Å²) in [6, 6.07) is 17.7. The second-order valence-corrected chi connectivity index (χ2v) is 7.92. The Labute approximate surface area is 203 Å². The zero-order valence-corrected chi connectivity index (χ0v) is 19.1. The first-order chi connectivity index (χ1) is 15.3. The Morgan fingerprint density at radius 2 is 1.47 bits per heavy atom. The smallest absolute Gasteiger partial charge is 0.343 e. The molecular formula is C23H12Cl4N2O3. The number of nitriles is 1. The molecule has 160 valence electrons. The van der Waals surface area contributed by atoms with E-state index in [-0.39, 0.29) is 37.1 Å².